The molecule has 34 heavy (non-hydrogen) atoms. The summed E-state index contributed by atoms with van der Waals surface area (Å²) in [7, 11) is 0. The Balaban J connectivity index is 1.68. The molecule has 1 N–H and O–H groups in total. The summed E-state index contributed by atoms with van der Waals surface area (Å²) in [4.78, 5) is 0. The minimum atomic E-state index is -0.765. The molecular formula is C27H39IO6. The minimum Gasteiger partial charge on any atom is -0.465 e. The zero-order valence-corrected chi connectivity index (χ0v) is 23.1. The molecular weight excluding hydrogens is 547 g/mol. The maximum atomic E-state index is 8.97. The fourth-order valence-corrected chi connectivity index (χ4v) is 3.80. The van der Waals surface area contributed by atoms with Gasteiger partial charge in [0.25, 0.3) is 0 Å². The third-order valence-corrected chi connectivity index (χ3v) is 6.23. The van der Waals surface area contributed by atoms with Crippen molar-refractivity contribution in [2.75, 3.05) is 39.6 Å². The van der Waals surface area contributed by atoms with Crippen molar-refractivity contribution in [3.8, 4) is 5.75 Å². The summed E-state index contributed by atoms with van der Waals surface area (Å²) < 4.78 is 27.9. The van der Waals surface area contributed by atoms with Gasteiger partial charge in [-0.25, -0.2) is 0 Å². The molecule has 2 aromatic carbocycles. The van der Waals surface area contributed by atoms with Crippen molar-refractivity contribution in [1.29, 1.82) is 0 Å². The lowest BCUT2D eigenvalue weighted by molar-refractivity contribution is -0.104. The van der Waals surface area contributed by atoms with E-state index in [0.29, 0.717) is 43.6 Å². The predicted molar refractivity (Wildman–Crippen MR) is 143 cm³/mol. The van der Waals surface area contributed by atoms with Gasteiger partial charge in [0.1, 0.15) is 5.75 Å². The van der Waals surface area contributed by atoms with Gasteiger partial charge in [0.05, 0.1) is 39.6 Å². The Bertz CT molecular complexity index is 805. The molecule has 3 atom stereocenters. The highest BCUT2D eigenvalue weighted by Crippen LogP contribution is 2.34. The number of aliphatic hydroxyl groups excluding tert-OH is 1. The van der Waals surface area contributed by atoms with Crippen LogP contribution in [0.3, 0.4) is 0 Å². The van der Waals surface area contributed by atoms with Gasteiger partial charge in [-0.05, 0) is 49.6 Å². The van der Waals surface area contributed by atoms with Crippen molar-refractivity contribution in [2.45, 2.75) is 56.5 Å². The van der Waals surface area contributed by atoms with Gasteiger partial charge >= 0.3 is 0 Å². The third kappa shape index (κ3) is 10.2. The topological polar surface area (TPSA) is 66.4 Å². The van der Waals surface area contributed by atoms with E-state index in [1.165, 1.54) is 16.7 Å². The Kier molecular flexibility index (Phi) is 12.8. The second-order valence-corrected chi connectivity index (χ2v) is 10.5. The number of hydrogen-bond donors (Lipinski definition) is 1. The average Bonchev–Trinajstić information content (AvgIpc) is 2.80. The van der Waals surface area contributed by atoms with E-state index in [0.717, 1.165) is 5.75 Å². The molecule has 0 radical (unpaired) electrons. The van der Waals surface area contributed by atoms with Crippen molar-refractivity contribution in [1.82, 2.24) is 0 Å². The van der Waals surface area contributed by atoms with Gasteiger partial charge in [0.2, 0.25) is 0 Å². The molecule has 0 fully saturated rings. The molecule has 0 amide bonds. The average molecular weight is 587 g/mol. The van der Waals surface area contributed by atoms with Crippen LogP contribution in [0.2, 0.25) is 0 Å². The van der Waals surface area contributed by atoms with E-state index in [-0.39, 0.29) is 11.7 Å². The number of alkyl halides is 1. The molecule has 0 aliphatic heterocycles. The van der Waals surface area contributed by atoms with Crippen LogP contribution in [0, 0.1) is 0 Å². The van der Waals surface area contributed by atoms with Gasteiger partial charge in [0.15, 0.2) is 12.6 Å². The van der Waals surface area contributed by atoms with Crippen LogP contribution < -0.4 is 4.74 Å². The molecule has 0 heterocycles. The highest BCUT2D eigenvalue weighted by molar-refractivity contribution is 14.1. The normalized spacial score (nSPS) is 14.6. The molecule has 0 aromatic heterocycles. The quantitative estimate of drug-likeness (QED) is 0.119. The molecule has 0 aliphatic rings. The van der Waals surface area contributed by atoms with Gasteiger partial charge in [-0.3, -0.25) is 0 Å². The van der Waals surface area contributed by atoms with Crippen molar-refractivity contribution in [3.63, 3.8) is 0 Å². The molecule has 0 saturated heterocycles. The van der Waals surface area contributed by atoms with Gasteiger partial charge < -0.3 is 28.8 Å². The van der Waals surface area contributed by atoms with E-state index < -0.39 is 6.29 Å². The molecule has 0 aliphatic carbocycles. The van der Waals surface area contributed by atoms with Crippen molar-refractivity contribution in [3.05, 3.63) is 65.2 Å². The molecule has 6 nitrogen and oxygen atoms in total. The lowest BCUT2D eigenvalue weighted by Gasteiger charge is -2.27. The van der Waals surface area contributed by atoms with E-state index in [9.17, 15) is 0 Å². The Morgan fingerprint density at radius 2 is 1.21 bits per heavy atom. The predicted octanol–water partition coefficient (Wildman–Crippen LogP) is 5.64. The zero-order valence-electron chi connectivity index (χ0n) is 21.0. The summed E-state index contributed by atoms with van der Waals surface area (Å²) in [5.74, 6) is 0.773. The van der Waals surface area contributed by atoms with E-state index >= 15 is 0 Å². The lowest BCUT2D eigenvalue weighted by atomic mass is 9.78. The Morgan fingerprint density at radius 3 is 1.71 bits per heavy atom. The molecule has 7 heteroatoms. The molecule has 2 rings (SSSR count). The van der Waals surface area contributed by atoms with Crippen molar-refractivity contribution in [2.24, 2.45) is 0 Å². The fraction of sp³-hybridized carbons (Fsp3) is 0.556. The summed E-state index contributed by atoms with van der Waals surface area (Å²) in [6, 6.07) is 17.1. The molecule has 0 spiro atoms. The highest BCUT2D eigenvalue weighted by Gasteiger charge is 2.23. The summed E-state index contributed by atoms with van der Waals surface area (Å²) in [5.41, 5.74) is 3.77. The fourth-order valence-electron chi connectivity index (χ4n) is 3.38. The van der Waals surface area contributed by atoms with Crippen LogP contribution >= 0.6 is 22.6 Å². The van der Waals surface area contributed by atoms with Gasteiger partial charge in [-0.15, -0.1) is 0 Å². The second-order valence-electron chi connectivity index (χ2n) is 8.64. The van der Waals surface area contributed by atoms with E-state index in [1.807, 2.05) is 19.1 Å². The zero-order chi connectivity index (χ0) is 25.0. The largest absolute Gasteiger partial charge is 0.465 e. The van der Waals surface area contributed by atoms with Gasteiger partial charge in [0, 0.05) is 9.34 Å². The molecule has 0 bridgehead atoms. The number of halogens is 1. The SMILES string of the molecule is CC(O)OCCOCCOCCOC(C)Oc1ccc(C(C)(C)c2ccc(C(C)I)cc2)cc1. The minimum absolute atomic E-state index is 0.0982. The maximum Gasteiger partial charge on any atom is 0.197 e. The van der Waals surface area contributed by atoms with Crippen LogP contribution in [-0.2, 0) is 24.4 Å². The van der Waals surface area contributed by atoms with Crippen molar-refractivity contribution >= 4 is 22.6 Å². The number of aliphatic hydroxyl groups is 1. The monoisotopic (exact) mass is 586 g/mol. The number of rotatable bonds is 16. The van der Waals surface area contributed by atoms with E-state index in [2.05, 4.69) is 79.8 Å². The van der Waals surface area contributed by atoms with Crippen LogP contribution in [0.5, 0.6) is 5.75 Å². The van der Waals surface area contributed by atoms with Gasteiger partial charge in [-0.2, -0.15) is 0 Å². The highest BCUT2D eigenvalue weighted by atomic mass is 127. The van der Waals surface area contributed by atoms with E-state index in [1.54, 1.807) is 6.92 Å². The Morgan fingerprint density at radius 1 is 0.735 bits per heavy atom. The molecule has 2 aromatic rings. The third-order valence-electron chi connectivity index (χ3n) is 5.51. The summed E-state index contributed by atoms with van der Waals surface area (Å²) in [6.07, 6.45) is -1.14. The number of benzene rings is 2. The maximum absolute atomic E-state index is 8.97. The first-order valence-corrected chi connectivity index (χ1v) is 13.0. The van der Waals surface area contributed by atoms with Crippen molar-refractivity contribution < 1.29 is 28.8 Å². The summed E-state index contributed by atoms with van der Waals surface area (Å²) >= 11 is 2.44. The Labute approximate surface area is 218 Å². The smallest absolute Gasteiger partial charge is 0.197 e. The summed E-state index contributed by atoms with van der Waals surface area (Å²) in [5, 5.41) is 8.97. The van der Waals surface area contributed by atoms with Crippen LogP contribution in [0.1, 0.15) is 55.2 Å². The standard InChI is InChI=1S/C27H39IO6/c1-20(28)23-6-8-24(9-7-23)27(4,5)25-10-12-26(13-11-25)34-22(3)33-19-17-31-15-14-30-16-18-32-21(2)29/h6-13,20-22,29H,14-19H2,1-5H3. The van der Waals surface area contributed by atoms with Crippen LogP contribution in [-0.4, -0.2) is 57.3 Å². The lowest BCUT2D eigenvalue weighted by Crippen LogP contribution is -2.21. The molecule has 0 saturated carbocycles. The van der Waals surface area contributed by atoms with Crippen LogP contribution in [0.15, 0.2) is 48.5 Å². The van der Waals surface area contributed by atoms with Gasteiger partial charge in [-0.1, -0.05) is 72.8 Å². The first-order valence-electron chi connectivity index (χ1n) is 11.8. The first-order chi connectivity index (χ1) is 16.2. The number of ether oxygens (including phenoxy) is 5. The first kappa shape index (κ1) is 29.0. The van der Waals surface area contributed by atoms with Crippen LogP contribution in [0.4, 0.5) is 0 Å². The number of hydrogen-bond acceptors (Lipinski definition) is 6. The molecule has 190 valence electrons. The summed E-state index contributed by atoms with van der Waals surface area (Å²) in [6.45, 7) is 12.8. The van der Waals surface area contributed by atoms with E-state index in [4.69, 9.17) is 28.8 Å². The molecule has 3 unspecified atom stereocenters. The second kappa shape index (κ2) is 15.0. The Hall–Kier alpha value is -1.23. The van der Waals surface area contributed by atoms with Crippen LogP contribution in [0.25, 0.3) is 0 Å².